The molecule has 1 atom stereocenters. The maximum Gasteiger partial charge on any atom is 0.233 e. The van der Waals surface area contributed by atoms with E-state index in [4.69, 9.17) is 4.74 Å². The highest BCUT2D eigenvalue weighted by Crippen LogP contribution is 2.22. The Bertz CT molecular complexity index is 593. The lowest BCUT2D eigenvalue weighted by Gasteiger charge is -2.35. The van der Waals surface area contributed by atoms with Crippen LogP contribution in [0.5, 0.6) is 0 Å². The lowest BCUT2D eigenvalue weighted by molar-refractivity contribution is -0.122. The van der Waals surface area contributed by atoms with Gasteiger partial charge in [0.1, 0.15) is 0 Å². The van der Waals surface area contributed by atoms with Crippen LogP contribution in [0, 0.1) is 12.8 Å². The van der Waals surface area contributed by atoms with Crippen LogP contribution in [0.1, 0.15) is 36.8 Å². The number of carbonyl (C=O) groups is 1. The molecule has 0 aromatic heterocycles. The van der Waals surface area contributed by atoms with E-state index in [0.29, 0.717) is 18.6 Å². The van der Waals surface area contributed by atoms with E-state index in [9.17, 15) is 4.79 Å². The van der Waals surface area contributed by atoms with Crippen LogP contribution in [0.2, 0.25) is 0 Å². The number of ether oxygens (including phenoxy) is 1. The van der Waals surface area contributed by atoms with Crippen molar-refractivity contribution in [3.05, 3.63) is 35.4 Å². The predicted molar refractivity (Wildman–Crippen MR) is 109 cm³/mol. The zero-order chi connectivity index (χ0) is 19.1. The number of aryl methyl sites for hydroxylation is 1. The zero-order valence-electron chi connectivity index (χ0n) is 17.0. The summed E-state index contributed by atoms with van der Waals surface area (Å²) in [4.78, 5) is 16.8. The number of likely N-dealkylation sites (N-methyl/N-ethyl adjacent to an activating group) is 1. The molecule has 150 valence electrons. The van der Waals surface area contributed by atoms with E-state index in [-0.39, 0.29) is 5.91 Å². The molecule has 0 unspecified atom stereocenters. The molecule has 5 heteroatoms. The minimum Gasteiger partial charge on any atom is -0.377 e. The first-order valence-corrected chi connectivity index (χ1v) is 10.5. The number of carbonyl (C=O) groups excluding carboxylic acids is 1. The summed E-state index contributed by atoms with van der Waals surface area (Å²) in [7, 11) is 1.72. The van der Waals surface area contributed by atoms with Gasteiger partial charge in [-0.3, -0.25) is 14.6 Å². The summed E-state index contributed by atoms with van der Waals surface area (Å²) in [5.41, 5.74) is 2.82. The van der Waals surface area contributed by atoms with Crippen molar-refractivity contribution in [2.45, 2.75) is 45.3 Å². The number of likely N-dealkylation sites (tertiary alicyclic amines) is 1. The van der Waals surface area contributed by atoms with Crippen molar-refractivity contribution in [1.29, 1.82) is 0 Å². The van der Waals surface area contributed by atoms with Gasteiger partial charge in [-0.1, -0.05) is 24.3 Å². The normalized spacial score (nSPS) is 21.7. The lowest BCUT2D eigenvalue weighted by Crippen LogP contribution is -2.44. The number of nitrogens with zero attached hydrogens (tertiary/aromatic N) is 2. The number of nitrogens with one attached hydrogen (secondary N) is 1. The van der Waals surface area contributed by atoms with Gasteiger partial charge in [0.2, 0.25) is 5.91 Å². The first-order valence-electron chi connectivity index (χ1n) is 10.5. The molecule has 2 heterocycles. The third-order valence-electron chi connectivity index (χ3n) is 6.01. The first kappa shape index (κ1) is 20.3. The molecule has 5 nitrogen and oxygen atoms in total. The summed E-state index contributed by atoms with van der Waals surface area (Å²) in [5, 5.41) is 2.77. The van der Waals surface area contributed by atoms with Crippen molar-refractivity contribution in [1.82, 2.24) is 15.1 Å². The largest absolute Gasteiger partial charge is 0.377 e. The Kier molecular flexibility index (Phi) is 7.68. The van der Waals surface area contributed by atoms with Gasteiger partial charge in [0.15, 0.2) is 0 Å². The number of hydrogen-bond acceptors (Lipinski definition) is 4. The van der Waals surface area contributed by atoms with Gasteiger partial charge in [-0.2, -0.15) is 0 Å². The molecule has 0 radical (unpaired) electrons. The van der Waals surface area contributed by atoms with Gasteiger partial charge >= 0.3 is 0 Å². The second-order valence-corrected chi connectivity index (χ2v) is 8.15. The molecular formula is C22H35N3O2. The van der Waals surface area contributed by atoms with Gasteiger partial charge in [-0.25, -0.2) is 0 Å². The highest BCUT2D eigenvalue weighted by molar-refractivity contribution is 5.77. The van der Waals surface area contributed by atoms with Crippen molar-refractivity contribution < 1.29 is 9.53 Å². The fourth-order valence-electron chi connectivity index (χ4n) is 4.28. The van der Waals surface area contributed by atoms with Crippen LogP contribution >= 0.6 is 0 Å². The second-order valence-electron chi connectivity index (χ2n) is 8.15. The molecule has 2 aliphatic heterocycles. The maximum atomic E-state index is 11.9. The van der Waals surface area contributed by atoms with Gasteiger partial charge in [0.05, 0.1) is 12.6 Å². The van der Waals surface area contributed by atoms with E-state index in [1.807, 2.05) is 0 Å². The Morgan fingerprint density at radius 3 is 2.67 bits per heavy atom. The molecule has 0 aliphatic carbocycles. The van der Waals surface area contributed by atoms with E-state index < -0.39 is 0 Å². The van der Waals surface area contributed by atoms with Crippen LogP contribution in [-0.2, 0) is 16.1 Å². The molecule has 1 aromatic rings. The highest BCUT2D eigenvalue weighted by atomic mass is 16.5. The van der Waals surface area contributed by atoms with Gasteiger partial charge < -0.3 is 10.1 Å². The minimum atomic E-state index is 0.102. The molecule has 1 amide bonds. The minimum absolute atomic E-state index is 0.102. The Balaban J connectivity index is 1.47. The van der Waals surface area contributed by atoms with Crippen LogP contribution in [0.15, 0.2) is 24.3 Å². The summed E-state index contributed by atoms with van der Waals surface area (Å²) >= 11 is 0. The van der Waals surface area contributed by atoms with Crippen LogP contribution in [0.4, 0.5) is 0 Å². The van der Waals surface area contributed by atoms with Crippen molar-refractivity contribution in [3.63, 3.8) is 0 Å². The monoisotopic (exact) mass is 373 g/mol. The van der Waals surface area contributed by atoms with E-state index >= 15 is 0 Å². The van der Waals surface area contributed by atoms with Gasteiger partial charge in [0.25, 0.3) is 0 Å². The van der Waals surface area contributed by atoms with Crippen molar-refractivity contribution >= 4 is 5.91 Å². The Morgan fingerprint density at radius 1 is 1.22 bits per heavy atom. The maximum absolute atomic E-state index is 11.9. The molecule has 27 heavy (non-hydrogen) atoms. The quantitative estimate of drug-likeness (QED) is 0.760. The fourth-order valence-corrected chi connectivity index (χ4v) is 4.28. The predicted octanol–water partition coefficient (Wildman–Crippen LogP) is 2.43. The third kappa shape index (κ3) is 6.30. The summed E-state index contributed by atoms with van der Waals surface area (Å²) in [6.07, 6.45) is 4.99. The van der Waals surface area contributed by atoms with Crippen LogP contribution in [0.25, 0.3) is 0 Å². The molecule has 2 aliphatic rings. The summed E-state index contributed by atoms with van der Waals surface area (Å²) in [6, 6.07) is 8.69. The second kappa shape index (κ2) is 10.2. The molecular weight excluding hydrogens is 338 g/mol. The standard InChI is InChI=1S/C22H35N3O2/c1-18-6-3-4-7-20(18)15-24-11-9-19(10-12-24)14-25(17-22(26)23-2)16-21-8-5-13-27-21/h3-4,6-7,19,21H,5,8-17H2,1-2H3,(H,23,26)/t21-/m0/s1. The Morgan fingerprint density at radius 2 is 2.00 bits per heavy atom. The molecule has 0 bridgehead atoms. The zero-order valence-corrected chi connectivity index (χ0v) is 17.0. The average molecular weight is 374 g/mol. The van der Waals surface area contributed by atoms with Crippen LogP contribution in [-0.4, -0.2) is 68.2 Å². The number of amides is 1. The summed E-state index contributed by atoms with van der Waals surface area (Å²) < 4.78 is 5.80. The molecule has 1 aromatic carbocycles. The van der Waals surface area contributed by atoms with Gasteiger partial charge in [-0.05, 0) is 62.7 Å². The molecule has 3 rings (SSSR count). The Hall–Kier alpha value is -1.43. The van der Waals surface area contributed by atoms with Crippen LogP contribution < -0.4 is 5.32 Å². The topological polar surface area (TPSA) is 44.8 Å². The number of rotatable bonds is 8. The van der Waals surface area contributed by atoms with Crippen molar-refractivity contribution in [3.8, 4) is 0 Å². The van der Waals surface area contributed by atoms with Crippen molar-refractivity contribution in [2.24, 2.45) is 5.92 Å². The number of benzene rings is 1. The molecule has 1 N–H and O–H groups in total. The average Bonchev–Trinajstić information content (AvgIpc) is 3.18. The number of piperidine rings is 1. The molecule has 0 spiro atoms. The highest BCUT2D eigenvalue weighted by Gasteiger charge is 2.25. The summed E-state index contributed by atoms with van der Waals surface area (Å²) in [6.45, 7) is 8.79. The van der Waals surface area contributed by atoms with E-state index in [0.717, 1.165) is 52.2 Å². The van der Waals surface area contributed by atoms with Gasteiger partial charge in [-0.15, -0.1) is 0 Å². The number of hydrogen-bond donors (Lipinski definition) is 1. The van der Waals surface area contributed by atoms with E-state index in [1.54, 1.807) is 7.05 Å². The van der Waals surface area contributed by atoms with Crippen molar-refractivity contribution in [2.75, 3.05) is 46.4 Å². The fraction of sp³-hybridized carbons (Fsp3) is 0.682. The van der Waals surface area contributed by atoms with Gasteiger partial charge in [0, 0.05) is 33.3 Å². The summed E-state index contributed by atoms with van der Waals surface area (Å²) in [5.74, 6) is 0.772. The molecule has 0 saturated carbocycles. The molecule has 2 saturated heterocycles. The van der Waals surface area contributed by atoms with E-state index in [1.165, 1.54) is 24.0 Å². The molecule has 2 fully saturated rings. The lowest BCUT2D eigenvalue weighted by atomic mass is 9.95. The Labute approximate surface area is 164 Å². The first-order chi connectivity index (χ1) is 13.1. The smallest absolute Gasteiger partial charge is 0.233 e. The third-order valence-corrected chi connectivity index (χ3v) is 6.01. The van der Waals surface area contributed by atoms with E-state index in [2.05, 4.69) is 46.3 Å². The SMILES string of the molecule is CNC(=O)CN(CC1CCN(Cc2ccccc2C)CC1)C[C@@H]1CCCO1. The van der Waals surface area contributed by atoms with Crippen LogP contribution in [0.3, 0.4) is 0 Å².